The Kier molecular flexibility index (Phi) is 24.8. The maximum Gasteiger partial charge on any atom is 0.335 e. The molecule has 4 atom stereocenters. The lowest BCUT2D eigenvalue weighted by Crippen LogP contribution is -2.39. The van der Waals surface area contributed by atoms with Gasteiger partial charge in [0.2, 0.25) is 0 Å². The van der Waals surface area contributed by atoms with Crippen LogP contribution < -0.4 is 18.9 Å². The number of likely N-dealkylation sites (tertiary alicyclic amines) is 2. The zero-order valence-corrected chi connectivity index (χ0v) is 35.0. The number of carbonyl (C=O) groups is 2. The molecule has 2 aromatic heterocycles. The number of aromatic nitrogens is 2. The highest BCUT2D eigenvalue weighted by atomic mass is 16.5. The van der Waals surface area contributed by atoms with E-state index in [1.165, 1.54) is 76.6 Å². The number of aliphatic hydroxyl groups is 2. The van der Waals surface area contributed by atoms with E-state index in [-0.39, 0.29) is 16.4 Å². The summed E-state index contributed by atoms with van der Waals surface area (Å²) in [6.07, 6.45) is 9.06. The molecule has 2 aliphatic heterocycles. The van der Waals surface area contributed by atoms with Crippen molar-refractivity contribution in [3.8, 4) is 33.8 Å². The lowest BCUT2D eigenvalue weighted by molar-refractivity contribution is -0.605. The van der Waals surface area contributed by atoms with Gasteiger partial charge in [0, 0.05) is 50.4 Å². The summed E-state index contributed by atoms with van der Waals surface area (Å²) >= 11 is 0. The minimum absolute atomic E-state index is 0. The van der Waals surface area contributed by atoms with Crippen LogP contribution in [-0.2, 0) is 9.59 Å². The van der Waals surface area contributed by atoms with Crippen LogP contribution in [-0.4, -0.2) is 123 Å². The number of rotatable bonds is 15. The van der Waals surface area contributed by atoms with Crippen molar-refractivity contribution in [3.63, 3.8) is 0 Å². The maximum absolute atomic E-state index is 11.1. The number of hydrogen-bond acceptors (Lipinski definition) is 10. The molecule has 2 saturated heterocycles. The molecule has 338 valence electrons. The van der Waals surface area contributed by atoms with Crippen LogP contribution in [0.5, 0.6) is 11.5 Å². The molecule has 17 nitrogen and oxygen atoms in total. The lowest BCUT2D eigenvalue weighted by atomic mass is 10.0. The van der Waals surface area contributed by atoms with Crippen LogP contribution in [0.15, 0.2) is 97.6 Å². The molecule has 2 aromatic carbocycles. The SMILES string of the molecule is CC1CCCN(CCCOc2ccc(-c3cc[n+]([O-])cc3)cc2)C1.CC1CCCN(CCCOc2ccc(-c3cc[n+]([O-])cc3)cc2)C1.O.O.O.O=C(O)C(O)C(O)C(=O)O. The van der Waals surface area contributed by atoms with Crippen molar-refractivity contribution >= 4 is 11.9 Å². The minimum atomic E-state index is -2.27. The van der Waals surface area contributed by atoms with Gasteiger partial charge in [0.25, 0.3) is 0 Å². The predicted octanol–water partition coefficient (Wildman–Crippen LogP) is 2.38. The highest BCUT2D eigenvalue weighted by molar-refractivity contribution is 5.83. The summed E-state index contributed by atoms with van der Waals surface area (Å²) in [6, 6.07) is 23.4. The molecule has 0 bridgehead atoms. The van der Waals surface area contributed by atoms with Crippen LogP contribution in [0.4, 0.5) is 0 Å². The second kappa shape index (κ2) is 28.2. The largest absolute Gasteiger partial charge is 0.619 e. The number of aliphatic carboxylic acids is 2. The number of carboxylic acids is 2. The highest BCUT2D eigenvalue weighted by Gasteiger charge is 2.29. The van der Waals surface area contributed by atoms with E-state index in [4.69, 9.17) is 29.9 Å². The Balaban J connectivity index is 0.000000482. The third-order valence-corrected chi connectivity index (χ3v) is 10.0. The van der Waals surface area contributed by atoms with Crippen LogP contribution in [0.2, 0.25) is 0 Å². The molecule has 17 heteroatoms. The molecule has 0 aliphatic carbocycles. The Hall–Kier alpha value is -5.40. The Labute approximate surface area is 357 Å². The van der Waals surface area contributed by atoms with E-state index in [0.717, 1.165) is 94.2 Å². The van der Waals surface area contributed by atoms with Crippen LogP contribution in [0.1, 0.15) is 52.4 Å². The van der Waals surface area contributed by atoms with E-state index in [0.29, 0.717) is 0 Å². The number of carboxylic acid groups (broad SMARTS) is 2. The summed E-state index contributed by atoms with van der Waals surface area (Å²) < 4.78 is 13.3. The molecule has 6 rings (SSSR count). The molecule has 0 saturated carbocycles. The van der Waals surface area contributed by atoms with Crippen LogP contribution >= 0.6 is 0 Å². The van der Waals surface area contributed by atoms with E-state index >= 15 is 0 Å². The fraction of sp³-hybridized carbons (Fsp3) is 0.455. The van der Waals surface area contributed by atoms with Crippen molar-refractivity contribution in [1.82, 2.24) is 9.80 Å². The van der Waals surface area contributed by atoms with Gasteiger partial charge >= 0.3 is 11.9 Å². The maximum atomic E-state index is 11.1. The summed E-state index contributed by atoms with van der Waals surface area (Å²) in [4.78, 5) is 24.7. The van der Waals surface area contributed by atoms with E-state index in [9.17, 15) is 20.0 Å². The quantitative estimate of drug-likeness (QED) is 0.0762. The zero-order valence-electron chi connectivity index (χ0n) is 35.0. The number of nitrogens with zero attached hydrogens (tertiary/aromatic N) is 4. The first-order chi connectivity index (χ1) is 27.9. The van der Waals surface area contributed by atoms with Crippen molar-refractivity contribution < 1.29 is 65.4 Å². The van der Waals surface area contributed by atoms with Gasteiger partial charge in [-0.15, -0.1) is 0 Å². The molecule has 4 heterocycles. The molecular formula is C44H64N4O13. The minimum Gasteiger partial charge on any atom is -0.619 e. The molecule has 0 radical (unpaired) electrons. The summed E-state index contributed by atoms with van der Waals surface area (Å²) in [7, 11) is 0. The summed E-state index contributed by atoms with van der Waals surface area (Å²) in [5, 5.41) is 54.7. The van der Waals surface area contributed by atoms with Gasteiger partial charge in [-0.1, -0.05) is 38.1 Å². The topological polar surface area (TPSA) is 288 Å². The number of piperidine rings is 2. The molecule has 4 unspecified atom stereocenters. The van der Waals surface area contributed by atoms with Gasteiger partial charge in [-0.05, 0) is 110 Å². The van der Waals surface area contributed by atoms with Gasteiger partial charge in [-0.2, -0.15) is 9.46 Å². The number of benzene rings is 2. The molecule has 2 fully saturated rings. The Bertz CT molecular complexity index is 1670. The van der Waals surface area contributed by atoms with Crippen molar-refractivity contribution in [1.29, 1.82) is 0 Å². The highest BCUT2D eigenvalue weighted by Crippen LogP contribution is 2.23. The van der Waals surface area contributed by atoms with Gasteiger partial charge < -0.3 is 66.5 Å². The number of aliphatic hydroxyl groups excluding tert-OH is 2. The lowest BCUT2D eigenvalue weighted by Gasteiger charge is -2.30. The second-order valence-electron chi connectivity index (χ2n) is 15.0. The third-order valence-electron chi connectivity index (χ3n) is 10.0. The predicted molar refractivity (Wildman–Crippen MR) is 230 cm³/mol. The molecule has 4 aromatic rings. The molecular weight excluding hydrogens is 792 g/mol. The Morgan fingerprint density at radius 3 is 1.21 bits per heavy atom. The molecule has 0 spiro atoms. The normalized spacial score (nSPS) is 17.1. The van der Waals surface area contributed by atoms with E-state index < -0.39 is 24.1 Å². The molecule has 2 aliphatic rings. The van der Waals surface area contributed by atoms with Crippen molar-refractivity contribution in [2.45, 2.75) is 64.6 Å². The van der Waals surface area contributed by atoms with Crippen molar-refractivity contribution in [2.75, 3.05) is 52.5 Å². The van der Waals surface area contributed by atoms with Crippen LogP contribution in [0, 0.1) is 22.3 Å². The van der Waals surface area contributed by atoms with Gasteiger partial charge in [-0.3, -0.25) is 0 Å². The van der Waals surface area contributed by atoms with E-state index in [2.05, 4.69) is 23.6 Å². The van der Waals surface area contributed by atoms with Gasteiger partial charge in [0.15, 0.2) is 37.0 Å². The second-order valence-corrected chi connectivity index (χ2v) is 15.0. The number of ether oxygens (including phenoxy) is 2. The smallest absolute Gasteiger partial charge is 0.335 e. The first-order valence-electron chi connectivity index (χ1n) is 20.0. The summed E-state index contributed by atoms with van der Waals surface area (Å²) in [5.74, 6) is -0.0615. The summed E-state index contributed by atoms with van der Waals surface area (Å²) in [6.45, 7) is 13.4. The fourth-order valence-corrected chi connectivity index (χ4v) is 6.90. The van der Waals surface area contributed by atoms with Crippen molar-refractivity contribution in [2.24, 2.45) is 11.8 Å². The average Bonchev–Trinajstić information content (AvgIpc) is 3.22. The number of pyridine rings is 2. The van der Waals surface area contributed by atoms with E-state index in [1.807, 2.05) is 72.8 Å². The standard InChI is InChI=1S/2C20H26N2O2.C4H6O6.3H2O/c2*1-17-4-2-11-21(16-17)12-3-15-24-20-7-5-18(6-8-20)19-9-13-22(23)14-10-19;5-1(3(7)8)2(6)4(9)10;;;/h2*5-10,13-14,17H,2-4,11-12,15-16H2,1H3;1-2,5-6H,(H,7,8)(H,9,10);3*1H2. The average molecular weight is 857 g/mol. The molecule has 0 amide bonds. The van der Waals surface area contributed by atoms with Crippen LogP contribution in [0.3, 0.4) is 0 Å². The summed E-state index contributed by atoms with van der Waals surface area (Å²) in [5.41, 5.74) is 4.25. The van der Waals surface area contributed by atoms with Crippen LogP contribution in [0.25, 0.3) is 22.3 Å². The molecule has 61 heavy (non-hydrogen) atoms. The third kappa shape index (κ3) is 19.2. The van der Waals surface area contributed by atoms with E-state index in [1.54, 1.807) is 0 Å². The Morgan fingerprint density at radius 1 is 0.607 bits per heavy atom. The Morgan fingerprint density at radius 2 is 0.918 bits per heavy atom. The van der Waals surface area contributed by atoms with Crippen molar-refractivity contribution in [3.05, 3.63) is 108 Å². The van der Waals surface area contributed by atoms with Gasteiger partial charge in [0.05, 0.1) is 13.2 Å². The van der Waals surface area contributed by atoms with Gasteiger partial charge in [0.1, 0.15) is 11.5 Å². The van der Waals surface area contributed by atoms with Gasteiger partial charge in [-0.25, -0.2) is 9.59 Å². The fourth-order valence-electron chi connectivity index (χ4n) is 6.90. The number of hydrogen-bond donors (Lipinski definition) is 4. The molecule has 10 N–H and O–H groups in total. The monoisotopic (exact) mass is 856 g/mol. The first kappa shape index (κ1) is 53.6. The zero-order chi connectivity index (χ0) is 41.9. The first-order valence-corrected chi connectivity index (χ1v) is 20.0.